The molecule has 2 aliphatic carbocycles. The van der Waals surface area contributed by atoms with E-state index in [1.165, 1.54) is 4.90 Å². The van der Waals surface area contributed by atoms with Gasteiger partial charge in [0.25, 0.3) is 5.91 Å². The van der Waals surface area contributed by atoms with Gasteiger partial charge in [-0.15, -0.1) is 0 Å². The second kappa shape index (κ2) is 7.60. The molecule has 28 heavy (non-hydrogen) atoms. The van der Waals surface area contributed by atoms with Gasteiger partial charge in [0.2, 0.25) is 0 Å². The topological polar surface area (TPSA) is 90.7 Å². The van der Waals surface area contributed by atoms with Gasteiger partial charge in [0.05, 0.1) is 11.5 Å². The van der Waals surface area contributed by atoms with Gasteiger partial charge in [0, 0.05) is 34.1 Å². The average molecular weight is 406 g/mol. The zero-order valence-electron chi connectivity index (χ0n) is 17.3. The van der Waals surface area contributed by atoms with E-state index in [-0.39, 0.29) is 31.0 Å². The second-order valence-electron chi connectivity index (χ2n) is 9.77. The maximum atomic E-state index is 13.1. The molecule has 2 saturated carbocycles. The number of hydrogen-bond acceptors (Lipinski definition) is 5. The smallest absolute Gasteiger partial charge is 0.329 e. The maximum Gasteiger partial charge on any atom is 0.329 e. The van der Waals surface area contributed by atoms with E-state index in [2.05, 4.69) is 25.7 Å². The van der Waals surface area contributed by atoms with Crippen LogP contribution in [0.4, 0.5) is 4.79 Å². The number of hydrogen-bond donors (Lipinski definition) is 0. The summed E-state index contributed by atoms with van der Waals surface area (Å²) in [6, 6.07) is 3.00. The Balaban J connectivity index is 1.70. The normalized spacial score (nSPS) is 23.9. The fourth-order valence-corrected chi connectivity index (χ4v) is 5.02. The van der Waals surface area contributed by atoms with Gasteiger partial charge in [-0.1, -0.05) is 19.6 Å². The van der Waals surface area contributed by atoms with Crippen LogP contribution in [0.5, 0.6) is 0 Å². The molecule has 3 amide bonds. The first kappa shape index (κ1) is 21.0. The molecule has 0 aromatic heterocycles. The van der Waals surface area contributed by atoms with E-state index in [4.69, 9.17) is 4.74 Å². The molecule has 0 aromatic rings. The lowest BCUT2D eigenvalue weighted by Gasteiger charge is -2.45. The van der Waals surface area contributed by atoms with Crippen LogP contribution >= 0.6 is 0 Å². The summed E-state index contributed by atoms with van der Waals surface area (Å²) in [4.78, 5) is 40.6. The molecule has 7 nitrogen and oxygen atoms in total. The minimum absolute atomic E-state index is 0.0154. The van der Waals surface area contributed by atoms with Gasteiger partial charge in [-0.3, -0.25) is 9.59 Å². The van der Waals surface area contributed by atoms with Crippen LogP contribution in [0.3, 0.4) is 0 Å². The van der Waals surface area contributed by atoms with E-state index in [0.717, 1.165) is 12.5 Å². The summed E-state index contributed by atoms with van der Waals surface area (Å²) in [7, 11) is -1.24. The van der Waals surface area contributed by atoms with E-state index in [9.17, 15) is 19.6 Å². The van der Waals surface area contributed by atoms with Crippen molar-refractivity contribution in [3.63, 3.8) is 0 Å². The minimum atomic E-state index is -1.24. The lowest BCUT2D eigenvalue weighted by Crippen LogP contribution is -2.57. The van der Waals surface area contributed by atoms with Gasteiger partial charge >= 0.3 is 6.03 Å². The fourth-order valence-electron chi connectivity index (χ4n) is 4.26. The number of amides is 3. The fraction of sp³-hybridized carbons (Fsp3) is 0.800. The first-order chi connectivity index (χ1) is 13.1. The van der Waals surface area contributed by atoms with Gasteiger partial charge in [-0.05, 0) is 38.1 Å². The third kappa shape index (κ3) is 3.87. The van der Waals surface area contributed by atoms with Crippen LogP contribution in [0.25, 0.3) is 0 Å². The average Bonchev–Trinajstić information content (AvgIpc) is 2.80. The quantitative estimate of drug-likeness (QED) is 0.369. The van der Waals surface area contributed by atoms with Crippen molar-refractivity contribution in [2.24, 2.45) is 5.41 Å². The highest BCUT2D eigenvalue weighted by Gasteiger charge is 2.61. The van der Waals surface area contributed by atoms with Crippen molar-refractivity contribution >= 4 is 25.8 Å². The monoisotopic (exact) mass is 405 g/mol. The number of ether oxygens (including phenoxy) is 1. The first-order valence-electron chi connectivity index (χ1n) is 10.3. The van der Waals surface area contributed by atoms with Crippen molar-refractivity contribution < 1.29 is 19.1 Å². The number of Topliss-reactive ketones (excluding diaryl/α,β-unsaturated/α-hetero) is 1. The molecule has 0 bridgehead atoms. The van der Waals surface area contributed by atoms with Crippen molar-refractivity contribution in [1.29, 1.82) is 5.26 Å². The van der Waals surface area contributed by atoms with Gasteiger partial charge in [-0.25, -0.2) is 9.69 Å². The summed E-state index contributed by atoms with van der Waals surface area (Å²) in [6.45, 7) is 7.52. The molecule has 3 rings (SSSR count). The molecule has 154 valence electrons. The Bertz CT molecular complexity index is 695. The predicted octanol–water partition coefficient (Wildman–Crippen LogP) is 3.14. The first-order valence-corrected chi connectivity index (χ1v) is 14.0. The van der Waals surface area contributed by atoms with Gasteiger partial charge < -0.3 is 9.64 Å². The third-order valence-electron chi connectivity index (χ3n) is 6.48. The zero-order chi connectivity index (χ0) is 20.6. The van der Waals surface area contributed by atoms with Gasteiger partial charge in [-0.2, -0.15) is 5.26 Å². The van der Waals surface area contributed by atoms with E-state index >= 15 is 0 Å². The van der Waals surface area contributed by atoms with Crippen molar-refractivity contribution in [3.05, 3.63) is 0 Å². The van der Waals surface area contributed by atoms with E-state index in [1.807, 2.05) is 0 Å². The molecule has 3 fully saturated rings. The van der Waals surface area contributed by atoms with E-state index in [0.29, 0.717) is 45.1 Å². The van der Waals surface area contributed by atoms with Gasteiger partial charge in [0.15, 0.2) is 0 Å². The van der Waals surface area contributed by atoms with Crippen molar-refractivity contribution in [2.45, 2.75) is 76.2 Å². The number of rotatable bonds is 7. The standard InChI is InChI=1S/C20H31N3O4Si/c1-28(2,3)12-11-27-15-22-17(25)20(7-4-8-20)23(18(22)26)14-19(13-21)9-5-16(24)6-10-19/h4-12,14-15H2,1-3H3. The third-order valence-corrected chi connectivity index (χ3v) is 8.19. The Hall–Kier alpha value is -1.72. The van der Waals surface area contributed by atoms with Crippen LogP contribution < -0.4 is 0 Å². The number of imide groups is 1. The summed E-state index contributed by atoms with van der Waals surface area (Å²) >= 11 is 0. The van der Waals surface area contributed by atoms with Crippen molar-refractivity contribution in [2.75, 3.05) is 19.9 Å². The lowest BCUT2D eigenvalue weighted by molar-refractivity contribution is -0.141. The number of nitrogens with zero attached hydrogens (tertiary/aromatic N) is 3. The molecular weight excluding hydrogens is 374 g/mol. The molecule has 1 saturated heterocycles. The highest BCUT2D eigenvalue weighted by atomic mass is 28.3. The number of ketones is 1. The van der Waals surface area contributed by atoms with Crippen LogP contribution in [0, 0.1) is 16.7 Å². The molecule has 8 heteroatoms. The molecule has 3 aliphatic rings. The minimum Gasteiger partial charge on any atom is -0.361 e. The molecule has 1 aliphatic heterocycles. The number of carbonyl (C=O) groups excluding carboxylic acids is 3. The summed E-state index contributed by atoms with van der Waals surface area (Å²) in [6.07, 6.45) is 3.86. The molecule has 0 atom stereocenters. The highest BCUT2D eigenvalue weighted by molar-refractivity contribution is 6.76. The molecule has 1 heterocycles. The Kier molecular flexibility index (Phi) is 5.70. The van der Waals surface area contributed by atoms with Crippen LogP contribution in [0.15, 0.2) is 0 Å². The Labute approximate surface area is 168 Å². The Morgan fingerprint density at radius 2 is 1.75 bits per heavy atom. The predicted molar refractivity (Wildman–Crippen MR) is 106 cm³/mol. The van der Waals surface area contributed by atoms with Crippen molar-refractivity contribution in [1.82, 2.24) is 9.80 Å². The van der Waals surface area contributed by atoms with Crippen LogP contribution in [-0.2, 0) is 14.3 Å². The van der Waals surface area contributed by atoms with Gasteiger partial charge in [0.1, 0.15) is 18.1 Å². The SMILES string of the molecule is C[Si](C)(C)CCOCN1C(=O)N(CC2(C#N)CCC(=O)CC2)C2(CCC2)C1=O. The summed E-state index contributed by atoms with van der Waals surface area (Å²) < 4.78 is 5.68. The number of nitriles is 1. The second-order valence-corrected chi connectivity index (χ2v) is 15.4. The molecule has 0 aromatic carbocycles. The maximum absolute atomic E-state index is 13.1. The number of carbonyl (C=O) groups is 3. The Morgan fingerprint density at radius 1 is 1.11 bits per heavy atom. The summed E-state index contributed by atoms with van der Waals surface area (Å²) in [5, 5.41) is 9.80. The van der Waals surface area contributed by atoms with E-state index in [1.54, 1.807) is 4.90 Å². The molecule has 0 N–H and O–H groups in total. The van der Waals surface area contributed by atoms with E-state index < -0.39 is 19.0 Å². The molecular formula is C20H31N3O4Si. The molecule has 1 spiro atoms. The summed E-state index contributed by atoms with van der Waals surface area (Å²) in [5.74, 6) is -0.0118. The molecule has 0 unspecified atom stereocenters. The highest BCUT2D eigenvalue weighted by Crippen LogP contribution is 2.47. The van der Waals surface area contributed by atoms with Crippen LogP contribution in [-0.4, -0.2) is 61.0 Å². The summed E-state index contributed by atoms with van der Waals surface area (Å²) in [5.41, 5.74) is -1.54. The molecule has 0 radical (unpaired) electrons. The lowest BCUT2D eigenvalue weighted by atomic mass is 9.71. The largest absolute Gasteiger partial charge is 0.361 e. The zero-order valence-corrected chi connectivity index (χ0v) is 18.3. The van der Waals surface area contributed by atoms with Crippen LogP contribution in [0.2, 0.25) is 25.7 Å². The van der Waals surface area contributed by atoms with Crippen molar-refractivity contribution in [3.8, 4) is 6.07 Å². The van der Waals surface area contributed by atoms with Crippen LogP contribution in [0.1, 0.15) is 44.9 Å². The number of urea groups is 1. The Morgan fingerprint density at radius 3 is 2.25 bits per heavy atom.